The normalized spacial score (nSPS) is 12.9. The van der Waals surface area contributed by atoms with E-state index in [9.17, 15) is 18.0 Å². The number of hydrogen-bond donors (Lipinski definition) is 4. The standard InChI is InChI=1S/C12H22O7S.2Na.H2O4S.2H/c1-3-5-6-9(4-2)8-19-12(15)10(7-11(13)14)20(16,17)18;;;1-5(2,3)4;;/h9-10H,3-8H2,1-2H3,(H,13,14)(H,16,17,18);;;(H2,1,2,3,4);;/q;2*+1;;2*-1. The Morgan fingerprint density at radius 3 is 1.78 bits per heavy atom. The molecular weight excluding hydrogens is 430 g/mol. The molecule has 0 aromatic carbocycles. The predicted octanol–water partition coefficient (Wildman–Crippen LogP) is -4.94. The zero-order valence-electron chi connectivity index (χ0n) is 17.9. The van der Waals surface area contributed by atoms with Crippen LogP contribution in [0.4, 0.5) is 0 Å². The number of carboxylic acid groups (broad SMARTS) is 1. The summed E-state index contributed by atoms with van der Waals surface area (Å²) in [6, 6.07) is 0. The topological polar surface area (TPSA) is 193 Å². The summed E-state index contributed by atoms with van der Waals surface area (Å²) in [5.74, 6) is -2.61. The number of unbranched alkanes of at least 4 members (excludes halogenated alkanes) is 1. The van der Waals surface area contributed by atoms with E-state index in [2.05, 4.69) is 0 Å². The molecule has 0 bridgehead atoms. The molecule has 0 aromatic heterocycles. The molecule has 27 heavy (non-hydrogen) atoms. The molecule has 0 amide bonds. The van der Waals surface area contributed by atoms with Crippen LogP contribution in [0.2, 0.25) is 0 Å². The molecule has 0 fully saturated rings. The maximum atomic E-state index is 11.6. The first-order valence-electron chi connectivity index (χ1n) is 7.26. The van der Waals surface area contributed by atoms with E-state index in [1.54, 1.807) is 0 Å². The zero-order valence-corrected chi connectivity index (χ0v) is 21.5. The van der Waals surface area contributed by atoms with Crippen molar-refractivity contribution in [3.05, 3.63) is 0 Å². The quantitative estimate of drug-likeness (QED) is 0.140. The van der Waals surface area contributed by atoms with Gasteiger partial charge >= 0.3 is 81.5 Å². The van der Waals surface area contributed by atoms with Crippen LogP contribution in [0.1, 0.15) is 48.8 Å². The molecule has 15 heteroatoms. The predicted molar refractivity (Wildman–Crippen MR) is 88.3 cm³/mol. The number of esters is 1. The summed E-state index contributed by atoms with van der Waals surface area (Å²) >= 11 is 0. The molecule has 0 saturated carbocycles. The fourth-order valence-corrected chi connectivity index (χ4v) is 2.32. The van der Waals surface area contributed by atoms with Crippen molar-refractivity contribution in [3.63, 3.8) is 0 Å². The van der Waals surface area contributed by atoms with Crippen molar-refractivity contribution in [2.45, 2.75) is 51.2 Å². The summed E-state index contributed by atoms with van der Waals surface area (Å²) in [5.41, 5.74) is 0. The Balaban J connectivity index is -0.000000131. The number of ether oxygens (including phenoxy) is 1. The van der Waals surface area contributed by atoms with Crippen LogP contribution in [0.25, 0.3) is 0 Å². The maximum absolute atomic E-state index is 11.6. The zero-order chi connectivity index (χ0) is 20.3. The first-order valence-corrected chi connectivity index (χ1v) is 10.2. The Morgan fingerprint density at radius 1 is 1.04 bits per heavy atom. The first-order chi connectivity index (χ1) is 11.2. The molecule has 2 atom stereocenters. The molecule has 154 valence electrons. The average molecular weight is 456 g/mol. The van der Waals surface area contributed by atoms with E-state index in [4.69, 9.17) is 31.9 Å². The number of rotatable bonds is 10. The third kappa shape index (κ3) is 24.7. The SMILES string of the molecule is CCCCC(CC)COC(=O)C(CC(=O)O)S(=O)(=O)O.O=S(=O)(O)O.[H-].[H-].[Na+].[Na+]. The van der Waals surface area contributed by atoms with Crippen LogP contribution < -0.4 is 59.1 Å². The molecule has 0 radical (unpaired) electrons. The molecule has 11 nitrogen and oxygen atoms in total. The van der Waals surface area contributed by atoms with Gasteiger partial charge in [-0.05, 0) is 12.3 Å². The molecule has 0 heterocycles. The molecular formula is C12H26Na2O11S2. The van der Waals surface area contributed by atoms with E-state index in [0.29, 0.717) is 0 Å². The molecule has 0 spiro atoms. The van der Waals surface area contributed by atoms with Crippen molar-refractivity contribution in [2.24, 2.45) is 5.92 Å². The van der Waals surface area contributed by atoms with Crippen molar-refractivity contribution in [1.82, 2.24) is 0 Å². The van der Waals surface area contributed by atoms with E-state index in [1.807, 2.05) is 13.8 Å². The van der Waals surface area contributed by atoms with Crippen molar-refractivity contribution >= 4 is 32.5 Å². The molecule has 2 unspecified atom stereocenters. The third-order valence-electron chi connectivity index (χ3n) is 2.99. The summed E-state index contributed by atoms with van der Waals surface area (Å²) in [5, 5.41) is 6.49. The van der Waals surface area contributed by atoms with Crippen molar-refractivity contribution in [3.8, 4) is 0 Å². The summed E-state index contributed by atoms with van der Waals surface area (Å²) in [6.07, 6.45) is 2.56. The van der Waals surface area contributed by atoms with E-state index in [1.165, 1.54) is 0 Å². The van der Waals surface area contributed by atoms with E-state index >= 15 is 0 Å². The molecule has 0 aliphatic heterocycles. The molecule has 0 saturated heterocycles. The maximum Gasteiger partial charge on any atom is 1.00 e. The Hall–Kier alpha value is 0.720. The smallest absolute Gasteiger partial charge is 1.00 e. The second-order valence-corrected chi connectivity index (χ2v) is 7.59. The second kappa shape index (κ2) is 17.6. The summed E-state index contributed by atoms with van der Waals surface area (Å²) in [7, 11) is -9.45. The van der Waals surface area contributed by atoms with Crippen LogP contribution >= 0.6 is 0 Å². The Bertz CT molecular complexity index is 622. The van der Waals surface area contributed by atoms with Crippen LogP contribution in [-0.4, -0.2) is 59.4 Å². The first kappa shape index (κ1) is 35.2. The van der Waals surface area contributed by atoms with Crippen LogP contribution in [0.15, 0.2) is 0 Å². The largest absolute Gasteiger partial charge is 1.00 e. The summed E-state index contributed by atoms with van der Waals surface area (Å²) < 4.78 is 67.3. The number of carbonyl (C=O) groups excluding carboxylic acids is 1. The fraction of sp³-hybridized carbons (Fsp3) is 0.833. The van der Waals surface area contributed by atoms with Crippen LogP contribution in [-0.2, 0) is 34.8 Å². The minimum atomic E-state index is -4.79. The monoisotopic (exact) mass is 456 g/mol. The van der Waals surface area contributed by atoms with Gasteiger partial charge in [-0.3, -0.25) is 23.2 Å². The van der Waals surface area contributed by atoms with Gasteiger partial charge in [0.25, 0.3) is 10.1 Å². The Labute approximate surface area is 206 Å². The summed E-state index contributed by atoms with van der Waals surface area (Å²) in [6.45, 7) is 3.98. The minimum absolute atomic E-state index is 0. The van der Waals surface area contributed by atoms with Gasteiger partial charge in [0.2, 0.25) is 0 Å². The van der Waals surface area contributed by atoms with E-state index < -0.39 is 44.1 Å². The van der Waals surface area contributed by atoms with Gasteiger partial charge in [-0.15, -0.1) is 0 Å². The van der Waals surface area contributed by atoms with Gasteiger partial charge in [-0.2, -0.15) is 16.8 Å². The number of carbonyl (C=O) groups is 2. The van der Waals surface area contributed by atoms with Gasteiger partial charge in [0.1, 0.15) is 0 Å². The van der Waals surface area contributed by atoms with Crippen LogP contribution in [0.3, 0.4) is 0 Å². The van der Waals surface area contributed by atoms with Gasteiger partial charge in [0, 0.05) is 0 Å². The Kier molecular flexibility index (Phi) is 22.9. The van der Waals surface area contributed by atoms with Crippen molar-refractivity contribution < 1.29 is 112 Å². The van der Waals surface area contributed by atoms with Crippen LogP contribution in [0.5, 0.6) is 0 Å². The fourth-order valence-electron chi connectivity index (χ4n) is 1.66. The third-order valence-corrected chi connectivity index (χ3v) is 4.07. The van der Waals surface area contributed by atoms with Crippen molar-refractivity contribution in [1.29, 1.82) is 0 Å². The van der Waals surface area contributed by atoms with Gasteiger partial charge in [0.15, 0.2) is 5.25 Å². The molecule has 4 N–H and O–H groups in total. The average Bonchev–Trinajstić information content (AvgIpc) is 2.41. The molecule has 0 aliphatic rings. The van der Waals surface area contributed by atoms with Gasteiger partial charge in [-0.1, -0.05) is 33.1 Å². The number of carboxylic acids is 1. The molecule has 0 rings (SSSR count). The molecule has 0 aliphatic carbocycles. The van der Waals surface area contributed by atoms with E-state index in [0.717, 1.165) is 25.7 Å². The van der Waals surface area contributed by atoms with Gasteiger partial charge < -0.3 is 12.7 Å². The second-order valence-electron chi connectivity index (χ2n) is 5.10. The Morgan fingerprint density at radius 2 is 1.48 bits per heavy atom. The summed E-state index contributed by atoms with van der Waals surface area (Å²) in [4.78, 5) is 22.1. The molecule has 0 aromatic rings. The van der Waals surface area contributed by atoms with Crippen molar-refractivity contribution in [2.75, 3.05) is 6.61 Å². The number of hydrogen-bond acceptors (Lipinski definition) is 7. The van der Waals surface area contributed by atoms with Crippen LogP contribution in [0, 0.1) is 5.92 Å². The minimum Gasteiger partial charge on any atom is -1.00 e. The van der Waals surface area contributed by atoms with Gasteiger partial charge in [-0.25, -0.2) is 0 Å². The van der Waals surface area contributed by atoms with Gasteiger partial charge in [0.05, 0.1) is 13.0 Å². The number of aliphatic carboxylic acids is 1. The van der Waals surface area contributed by atoms with E-state index in [-0.39, 0.29) is 74.5 Å².